The Morgan fingerprint density at radius 3 is 2.78 bits per heavy atom. The maximum Gasteiger partial charge on any atom is 0.242 e. The largest absolute Gasteiger partial charge is 0.354 e. The monoisotopic (exact) mass is 255 g/mol. The molecule has 0 radical (unpaired) electrons. The SMILES string of the molecule is CC(C)(C)C(N)CC(=O)NC1CCCCNC1=O. The van der Waals surface area contributed by atoms with E-state index in [2.05, 4.69) is 10.6 Å². The van der Waals surface area contributed by atoms with Crippen LogP contribution in [0.25, 0.3) is 0 Å². The highest BCUT2D eigenvalue weighted by molar-refractivity contribution is 5.87. The van der Waals surface area contributed by atoms with Crippen molar-refractivity contribution < 1.29 is 9.59 Å². The highest BCUT2D eigenvalue weighted by Crippen LogP contribution is 2.19. The molecule has 1 aliphatic heterocycles. The first-order valence-electron chi connectivity index (χ1n) is 6.63. The fraction of sp³-hybridized carbons (Fsp3) is 0.846. The molecule has 0 aromatic rings. The van der Waals surface area contributed by atoms with Gasteiger partial charge in [-0.1, -0.05) is 20.8 Å². The standard InChI is InChI=1S/C13H25N3O2/c1-13(2,3)10(14)8-11(17)16-9-6-4-5-7-15-12(9)18/h9-10H,4-8,14H2,1-3H3,(H,15,18)(H,16,17). The van der Waals surface area contributed by atoms with Gasteiger partial charge < -0.3 is 16.4 Å². The third-order valence-electron chi connectivity index (χ3n) is 3.39. The van der Waals surface area contributed by atoms with E-state index in [1.54, 1.807) is 0 Å². The van der Waals surface area contributed by atoms with E-state index in [0.29, 0.717) is 13.0 Å². The first-order valence-corrected chi connectivity index (χ1v) is 6.63. The predicted molar refractivity (Wildman–Crippen MR) is 70.8 cm³/mol. The second kappa shape index (κ2) is 6.18. The van der Waals surface area contributed by atoms with Crippen LogP contribution >= 0.6 is 0 Å². The van der Waals surface area contributed by atoms with Gasteiger partial charge in [-0.15, -0.1) is 0 Å². The number of carbonyl (C=O) groups excluding carboxylic acids is 2. The van der Waals surface area contributed by atoms with Gasteiger partial charge in [0.1, 0.15) is 6.04 Å². The summed E-state index contributed by atoms with van der Waals surface area (Å²) in [6.07, 6.45) is 2.89. The number of hydrogen-bond acceptors (Lipinski definition) is 3. The molecule has 1 saturated heterocycles. The summed E-state index contributed by atoms with van der Waals surface area (Å²) in [7, 11) is 0. The normalized spacial score (nSPS) is 22.9. The molecule has 104 valence electrons. The zero-order valence-electron chi connectivity index (χ0n) is 11.6. The van der Waals surface area contributed by atoms with Gasteiger partial charge in [0.2, 0.25) is 11.8 Å². The average Bonchev–Trinajstić information content (AvgIpc) is 2.43. The van der Waals surface area contributed by atoms with Crippen molar-refractivity contribution in [2.75, 3.05) is 6.54 Å². The van der Waals surface area contributed by atoms with E-state index >= 15 is 0 Å². The van der Waals surface area contributed by atoms with Crippen molar-refractivity contribution in [1.29, 1.82) is 0 Å². The van der Waals surface area contributed by atoms with Crippen LogP contribution in [0, 0.1) is 5.41 Å². The molecule has 0 bridgehead atoms. The number of rotatable bonds is 3. The fourth-order valence-electron chi connectivity index (χ4n) is 1.84. The number of carbonyl (C=O) groups is 2. The van der Waals surface area contributed by atoms with Gasteiger partial charge in [0, 0.05) is 19.0 Å². The van der Waals surface area contributed by atoms with Gasteiger partial charge in [0.05, 0.1) is 0 Å². The summed E-state index contributed by atoms with van der Waals surface area (Å²) in [6.45, 7) is 6.71. The summed E-state index contributed by atoms with van der Waals surface area (Å²) in [5, 5.41) is 5.58. The maximum absolute atomic E-state index is 11.9. The second-order valence-corrected chi connectivity index (χ2v) is 6.08. The molecular weight excluding hydrogens is 230 g/mol. The van der Waals surface area contributed by atoms with Crippen LogP contribution in [0.4, 0.5) is 0 Å². The van der Waals surface area contributed by atoms with Crippen LogP contribution in [0.5, 0.6) is 0 Å². The number of nitrogens with one attached hydrogen (secondary N) is 2. The molecule has 5 heteroatoms. The number of nitrogens with two attached hydrogens (primary N) is 1. The molecule has 1 aliphatic rings. The van der Waals surface area contributed by atoms with Crippen LogP contribution in [-0.2, 0) is 9.59 Å². The molecule has 5 nitrogen and oxygen atoms in total. The zero-order chi connectivity index (χ0) is 13.8. The van der Waals surface area contributed by atoms with E-state index in [4.69, 9.17) is 5.73 Å². The molecule has 2 atom stereocenters. The zero-order valence-corrected chi connectivity index (χ0v) is 11.6. The van der Waals surface area contributed by atoms with Crippen LogP contribution in [0.1, 0.15) is 46.5 Å². The molecule has 2 amide bonds. The van der Waals surface area contributed by atoms with E-state index < -0.39 is 6.04 Å². The molecule has 18 heavy (non-hydrogen) atoms. The third kappa shape index (κ3) is 4.64. The van der Waals surface area contributed by atoms with Gasteiger partial charge in [0.15, 0.2) is 0 Å². The molecule has 1 rings (SSSR count). The first kappa shape index (κ1) is 15.0. The lowest BCUT2D eigenvalue weighted by Gasteiger charge is -2.27. The summed E-state index contributed by atoms with van der Waals surface area (Å²) in [5.74, 6) is -0.218. The first-order chi connectivity index (χ1) is 8.30. The molecular formula is C13H25N3O2. The Morgan fingerprint density at radius 2 is 2.17 bits per heavy atom. The summed E-state index contributed by atoms with van der Waals surface area (Å²) >= 11 is 0. The van der Waals surface area contributed by atoms with Crippen molar-refractivity contribution in [3.63, 3.8) is 0 Å². The molecule has 2 unspecified atom stereocenters. The van der Waals surface area contributed by atoms with Crippen molar-refractivity contribution in [1.82, 2.24) is 10.6 Å². The van der Waals surface area contributed by atoms with Gasteiger partial charge in [-0.3, -0.25) is 9.59 Å². The summed E-state index contributed by atoms with van der Waals surface area (Å²) in [4.78, 5) is 23.5. The lowest BCUT2D eigenvalue weighted by molar-refractivity contribution is -0.129. The summed E-state index contributed by atoms with van der Waals surface area (Å²) < 4.78 is 0. The maximum atomic E-state index is 11.9. The lowest BCUT2D eigenvalue weighted by Crippen LogP contribution is -2.48. The van der Waals surface area contributed by atoms with Crippen molar-refractivity contribution in [3.8, 4) is 0 Å². The van der Waals surface area contributed by atoms with Gasteiger partial charge in [-0.25, -0.2) is 0 Å². The van der Waals surface area contributed by atoms with Crippen molar-refractivity contribution in [3.05, 3.63) is 0 Å². The highest BCUT2D eigenvalue weighted by Gasteiger charge is 2.26. The van der Waals surface area contributed by atoms with Gasteiger partial charge in [0.25, 0.3) is 0 Å². The van der Waals surface area contributed by atoms with Crippen LogP contribution in [0.15, 0.2) is 0 Å². The Morgan fingerprint density at radius 1 is 1.50 bits per heavy atom. The molecule has 1 fully saturated rings. The topological polar surface area (TPSA) is 84.2 Å². The highest BCUT2D eigenvalue weighted by atomic mass is 16.2. The Hall–Kier alpha value is -1.10. The predicted octanol–water partition coefficient (Wildman–Crippen LogP) is 0.535. The van der Waals surface area contributed by atoms with E-state index in [-0.39, 0.29) is 29.7 Å². The van der Waals surface area contributed by atoms with Gasteiger partial charge >= 0.3 is 0 Å². The van der Waals surface area contributed by atoms with Crippen LogP contribution < -0.4 is 16.4 Å². The van der Waals surface area contributed by atoms with Gasteiger partial charge in [-0.05, 0) is 24.7 Å². The number of hydrogen-bond donors (Lipinski definition) is 3. The summed E-state index contributed by atoms with van der Waals surface area (Å²) in [6, 6.07) is -0.599. The smallest absolute Gasteiger partial charge is 0.242 e. The molecule has 0 aromatic carbocycles. The van der Waals surface area contributed by atoms with Crippen LogP contribution in [0.3, 0.4) is 0 Å². The van der Waals surface area contributed by atoms with Crippen molar-refractivity contribution in [2.45, 2.75) is 58.5 Å². The molecule has 1 heterocycles. The Bertz CT molecular complexity index is 310. The van der Waals surface area contributed by atoms with Crippen molar-refractivity contribution in [2.24, 2.45) is 11.1 Å². The average molecular weight is 255 g/mol. The molecule has 0 aliphatic carbocycles. The van der Waals surface area contributed by atoms with Crippen LogP contribution in [0.2, 0.25) is 0 Å². The Balaban J connectivity index is 2.46. The van der Waals surface area contributed by atoms with Crippen LogP contribution in [-0.4, -0.2) is 30.4 Å². The Kier molecular flexibility index (Phi) is 5.14. The second-order valence-electron chi connectivity index (χ2n) is 6.08. The quantitative estimate of drug-likeness (QED) is 0.688. The van der Waals surface area contributed by atoms with E-state index in [9.17, 15) is 9.59 Å². The molecule has 0 aromatic heterocycles. The minimum absolute atomic E-state index is 0.0785. The Labute approximate surface area is 109 Å². The number of amides is 2. The van der Waals surface area contributed by atoms with E-state index in [0.717, 1.165) is 12.8 Å². The lowest BCUT2D eigenvalue weighted by atomic mass is 9.85. The third-order valence-corrected chi connectivity index (χ3v) is 3.39. The van der Waals surface area contributed by atoms with E-state index in [1.807, 2.05) is 20.8 Å². The van der Waals surface area contributed by atoms with E-state index in [1.165, 1.54) is 0 Å². The minimum atomic E-state index is -0.396. The molecule has 0 saturated carbocycles. The van der Waals surface area contributed by atoms with Gasteiger partial charge in [-0.2, -0.15) is 0 Å². The molecule has 4 N–H and O–H groups in total. The minimum Gasteiger partial charge on any atom is -0.354 e. The fourth-order valence-corrected chi connectivity index (χ4v) is 1.84. The molecule has 0 spiro atoms. The van der Waals surface area contributed by atoms with Crippen molar-refractivity contribution >= 4 is 11.8 Å². The summed E-state index contributed by atoms with van der Waals surface area (Å²) in [5.41, 5.74) is 5.85.